The van der Waals surface area contributed by atoms with Crippen LogP contribution in [-0.2, 0) is 33.1 Å². The molecule has 0 saturated heterocycles. The Bertz CT molecular complexity index is 1130. The number of fused-ring (bicyclic) bond motifs is 2. The molecule has 1 aliphatic carbocycles. The number of aryl methyl sites for hydroxylation is 2. The summed E-state index contributed by atoms with van der Waals surface area (Å²) in [7, 11) is 1.95. The first-order chi connectivity index (χ1) is 14.7. The first-order valence-electron chi connectivity index (χ1n) is 10.5. The summed E-state index contributed by atoms with van der Waals surface area (Å²) in [6.07, 6.45) is 7.25. The largest absolute Gasteiger partial charge is 0.341 e. The van der Waals surface area contributed by atoms with Crippen LogP contribution in [0.15, 0.2) is 48.8 Å². The van der Waals surface area contributed by atoms with E-state index in [1.165, 1.54) is 11.3 Å². The highest BCUT2D eigenvalue weighted by Gasteiger charge is 2.29. The summed E-state index contributed by atoms with van der Waals surface area (Å²) in [5, 5.41) is 4.70. The minimum Gasteiger partial charge on any atom is -0.341 e. The van der Waals surface area contributed by atoms with Crippen LogP contribution in [0.1, 0.15) is 47.2 Å². The van der Waals surface area contributed by atoms with Crippen molar-refractivity contribution in [1.29, 1.82) is 0 Å². The number of rotatable bonds is 6. The maximum absolute atomic E-state index is 6.00. The molecule has 5 rings (SSSR count). The highest BCUT2D eigenvalue weighted by atomic mass is 15.3. The number of aromatic amines is 1. The molecule has 0 amide bonds. The van der Waals surface area contributed by atoms with E-state index >= 15 is 0 Å². The maximum Gasteiger partial charge on any atom is 0.121 e. The Labute approximate surface area is 175 Å². The fourth-order valence-electron chi connectivity index (χ4n) is 4.57. The lowest BCUT2D eigenvalue weighted by Crippen LogP contribution is -2.32. The van der Waals surface area contributed by atoms with E-state index in [0.29, 0.717) is 19.6 Å². The first-order valence-corrected chi connectivity index (χ1v) is 10.5. The van der Waals surface area contributed by atoms with Crippen molar-refractivity contribution in [2.75, 3.05) is 0 Å². The predicted octanol–water partition coefficient (Wildman–Crippen LogP) is 3.23. The Kier molecular flexibility index (Phi) is 5.06. The maximum atomic E-state index is 6.00. The highest BCUT2D eigenvalue weighted by Crippen LogP contribution is 2.34. The van der Waals surface area contributed by atoms with Crippen LogP contribution < -0.4 is 5.73 Å². The molecule has 1 aromatic carbocycles. The van der Waals surface area contributed by atoms with Crippen molar-refractivity contribution >= 4 is 11.0 Å². The van der Waals surface area contributed by atoms with Crippen LogP contribution >= 0.6 is 0 Å². The third-order valence-corrected chi connectivity index (χ3v) is 5.96. The number of H-pyrrole nitrogens is 1. The molecule has 1 aliphatic rings. The Morgan fingerprint density at radius 2 is 2.10 bits per heavy atom. The van der Waals surface area contributed by atoms with Crippen molar-refractivity contribution in [3.05, 3.63) is 77.1 Å². The number of nitrogens with zero attached hydrogens (tertiary/aromatic N) is 5. The van der Waals surface area contributed by atoms with E-state index in [1.807, 2.05) is 48.4 Å². The first kappa shape index (κ1) is 19.0. The lowest BCUT2D eigenvalue weighted by atomic mass is 9.90. The van der Waals surface area contributed by atoms with Crippen molar-refractivity contribution in [3.8, 4) is 0 Å². The van der Waals surface area contributed by atoms with Gasteiger partial charge in [0.15, 0.2) is 0 Å². The van der Waals surface area contributed by atoms with E-state index in [2.05, 4.69) is 22.0 Å². The number of nitrogens with one attached hydrogen (secondary N) is 1. The van der Waals surface area contributed by atoms with Gasteiger partial charge in [0.05, 0.1) is 35.0 Å². The smallest absolute Gasteiger partial charge is 0.121 e. The van der Waals surface area contributed by atoms with Crippen molar-refractivity contribution in [2.24, 2.45) is 12.8 Å². The topological polar surface area (TPSA) is 88.6 Å². The van der Waals surface area contributed by atoms with Gasteiger partial charge in [-0.1, -0.05) is 18.2 Å². The van der Waals surface area contributed by atoms with E-state index in [9.17, 15) is 0 Å². The van der Waals surface area contributed by atoms with Gasteiger partial charge in [0, 0.05) is 38.1 Å². The fourth-order valence-corrected chi connectivity index (χ4v) is 4.57. The lowest BCUT2D eigenvalue weighted by molar-refractivity contribution is 0.151. The standard InChI is InChI=1S/C23H27N7/c1-29-13-17(12-24)20(28-29)14-30(15-22-26-18-8-2-3-9-19(18)27-22)21-10-4-6-16-7-5-11-25-23(16)21/h2-3,5,7-9,11,13,21H,4,6,10,12,14-15,24H2,1H3,(H,26,27). The van der Waals surface area contributed by atoms with Gasteiger partial charge in [-0.25, -0.2) is 4.98 Å². The summed E-state index contributed by atoms with van der Waals surface area (Å²) in [4.78, 5) is 15.5. The molecule has 7 nitrogen and oxygen atoms in total. The van der Waals surface area contributed by atoms with Gasteiger partial charge in [0.25, 0.3) is 0 Å². The second-order valence-corrected chi connectivity index (χ2v) is 8.04. The number of para-hydroxylation sites is 2. The van der Waals surface area contributed by atoms with Gasteiger partial charge in [-0.05, 0) is 43.0 Å². The molecular formula is C23H27N7. The molecule has 3 heterocycles. The fraction of sp³-hybridized carbons (Fsp3) is 0.348. The monoisotopic (exact) mass is 401 g/mol. The van der Waals surface area contributed by atoms with E-state index in [-0.39, 0.29) is 6.04 Å². The molecular weight excluding hydrogens is 374 g/mol. The molecule has 30 heavy (non-hydrogen) atoms. The van der Waals surface area contributed by atoms with E-state index in [4.69, 9.17) is 20.8 Å². The number of hydrogen-bond donors (Lipinski definition) is 2. The zero-order chi connectivity index (χ0) is 20.5. The zero-order valence-corrected chi connectivity index (χ0v) is 17.3. The van der Waals surface area contributed by atoms with Gasteiger partial charge in [-0.2, -0.15) is 5.10 Å². The quantitative estimate of drug-likeness (QED) is 0.518. The van der Waals surface area contributed by atoms with Crippen LogP contribution in [0.5, 0.6) is 0 Å². The third-order valence-electron chi connectivity index (χ3n) is 5.96. The molecule has 0 saturated carbocycles. The molecule has 0 fully saturated rings. The summed E-state index contributed by atoms with van der Waals surface area (Å²) < 4.78 is 1.85. The minimum absolute atomic E-state index is 0.232. The SMILES string of the molecule is Cn1cc(CN)c(CN(Cc2nc3ccccc3[nH]2)C2CCCc3cccnc32)n1. The highest BCUT2D eigenvalue weighted by molar-refractivity contribution is 5.74. The summed E-state index contributed by atoms with van der Waals surface area (Å²) in [5.74, 6) is 0.962. The lowest BCUT2D eigenvalue weighted by Gasteiger charge is -2.34. The minimum atomic E-state index is 0.232. The van der Waals surface area contributed by atoms with Crippen LogP contribution in [-0.4, -0.2) is 29.6 Å². The van der Waals surface area contributed by atoms with Gasteiger partial charge < -0.3 is 10.7 Å². The number of benzene rings is 1. The molecule has 4 aromatic rings. The molecule has 0 aliphatic heterocycles. The molecule has 3 N–H and O–H groups in total. The second-order valence-electron chi connectivity index (χ2n) is 8.04. The van der Waals surface area contributed by atoms with Crippen molar-refractivity contribution in [3.63, 3.8) is 0 Å². The summed E-state index contributed by atoms with van der Waals surface area (Å²) in [6.45, 7) is 1.90. The average Bonchev–Trinajstić information content (AvgIpc) is 3.34. The molecule has 0 spiro atoms. The van der Waals surface area contributed by atoms with E-state index in [1.54, 1.807) is 0 Å². The Morgan fingerprint density at radius 3 is 2.97 bits per heavy atom. The van der Waals surface area contributed by atoms with Gasteiger partial charge in [-0.15, -0.1) is 0 Å². The van der Waals surface area contributed by atoms with Gasteiger partial charge >= 0.3 is 0 Å². The molecule has 1 atom stereocenters. The Balaban J connectivity index is 1.52. The summed E-state index contributed by atoms with van der Waals surface area (Å²) in [5.41, 5.74) is 12.7. The van der Waals surface area contributed by atoms with E-state index < -0.39 is 0 Å². The number of hydrogen-bond acceptors (Lipinski definition) is 5. The number of nitrogens with two attached hydrogens (primary N) is 1. The Morgan fingerprint density at radius 1 is 1.20 bits per heavy atom. The van der Waals surface area contributed by atoms with Gasteiger partial charge in [0.1, 0.15) is 5.82 Å². The van der Waals surface area contributed by atoms with Gasteiger partial charge in [0.2, 0.25) is 0 Å². The molecule has 0 bridgehead atoms. The molecule has 154 valence electrons. The molecule has 1 unspecified atom stereocenters. The van der Waals surface area contributed by atoms with Crippen LogP contribution in [0.3, 0.4) is 0 Å². The van der Waals surface area contributed by atoms with Crippen molar-refractivity contribution in [1.82, 2.24) is 29.6 Å². The predicted molar refractivity (Wildman–Crippen MR) is 116 cm³/mol. The third kappa shape index (κ3) is 3.62. The number of imidazole rings is 1. The van der Waals surface area contributed by atoms with Crippen LogP contribution in [0.25, 0.3) is 11.0 Å². The second kappa shape index (κ2) is 8.01. The average molecular weight is 402 g/mol. The number of pyridine rings is 1. The zero-order valence-electron chi connectivity index (χ0n) is 17.3. The van der Waals surface area contributed by atoms with Crippen LogP contribution in [0, 0.1) is 0 Å². The van der Waals surface area contributed by atoms with Crippen molar-refractivity contribution in [2.45, 2.75) is 44.9 Å². The molecule has 3 aromatic heterocycles. The van der Waals surface area contributed by atoms with Gasteiger partial charge in [-0.3, -0.25) is 14.6 Å². The van der Waals surface area contributed by atoms with Crippen LogP contribution in [0.4, 0.5) is 0 Å². The number of aromatic nitrogens is 5. The summed E-state index contributed by atoms with van der Waals surface area (Å²) in [6, 6.07) is 12.6. The van der Waals surface area contributed by atoms with E-state index in [0.717, 1.165) is 47.4 Å². The molecule has 0 radical (unpaired) electrons. The molecule has 7 heteroatoms. The van der Waals surface area contributed by atoms with Crippen molar-refractivity contribution < 1.29 is 0 Å². The Hall–Kier alpha value is -3.03. The normalized spacial score (nSPS) is 16.3. The summed E-state index contributed by atoms with van der Waals surface area (Å²) >= 11 is 0. The van der Waals surface area contributed by atoms with Crippen LogP contribution in [0.2, 0.25) is 0 Å².